The van der Waals surface area contributed by atoms with Crippen LogP contribution in [-0.4, -0.2) is 18.1 Å². The summed E-state index contributed by atoms with van der Waals surface area (Å²) in [6, 6.07) is 2.13. The predicted octanol–water partition coefficient (Wildman–Crippen LogP) is 1.85. The third-order valence-corrected chi connectivity index (χ3v) is 3.04. The van der Waals surface area contributed by atoms with E-state index in [2.05, 4.69) is 45.6 Å². The van der Waals surface area contributed by atoms with Crippen LogP contribution in [0.3, 0.4) is 0 Å². The summed E-state index contributed by atoms with van der Waals surface area (Å²) in [5.41, 5.74) is 0. The van der Waals surface area contributed by atoms with Crippen LogP contribution in [0.1, 0.15) is 33.1 Å². The van der Waals surface area contributed by atoms with Gasteiger partial charge in [0.15, 0.2) is 0 Å². The smallest absolute Gasteiger partial charge is 0.0178 e. The minimum Gasteiger partial charge on any atom is -0.312 e. The van der Waals surface area contributed by atoms with Gasteiger partial charge in [0.2, 0.25) is 0 Å². The van der Waals surface area contributed by atoms with Crippen molar-refractivity contribution in [1.29, 1.82) is 0 Å². The molecule has 3 heteroatoms. The van der Waals surface area contributed by atoms with E-state index in [-0.39, 0.29) is 0 Å². The van der Waals surface area contributed by atoms with Gasteiger partial charge in [-0.1, -0.05) is 13.8 Å². The highest BCUT2D eigenvalue weighted by molar-refractivity contribution is 14.1. The first kappa shape index (κ1) is 9.74. The molecule has 0 spiro atoms. The highest BCUT2D eigenvalue weighted by Gasteiger charge is 2.23. The van der Waals surface area contributed by atoms with Crippen LogP contribution in [0.2, 0.25) is 0 Å². The molecule has 1 rings (SSSR count). The predicted molar refractivity (Wildman–Crippen MR) is 56.9 cm³/mol. The van der Waals surface area contributed by atoms with Gasteiger partial charge in [-0.05, 0) is 19.3 Å². The molecule has 1 fully saturated rings. The second-order valence-corrected chi connectivity index (χ2v) is 4.26. The van der Waals surface area contributed by atoms with Crippen LogP contribution in [0.5, 0.6) is 0 Å². The molecule has 0 saturated heterocycles. The molecule has 0 radical (unpaired) electrons. The van der Waals surface area contributed by atoms with Crippen LogP contribution in [0.4, 0.5) is 0 Å². The molecule has 2 N–H and O–H groups in total. The fourth-order valence-corrected chi connectivity index (χ4v) is 2.27. The van der Waals surface area contributed by atoms with Gasteiger partial charge >= 0.3 is 0 Å². The summed E-state index contributed by atoms with van der Waals surface area (Å²) in [4.78, 5) is 0. The van der Waals surface area contributed by atoms with Gasteiger partial charge in [0.05, 0.1) is 0 Å². The molecule has 0 aromatic rings. The summed E-state index contributed by atoms with van der Waals surface area (Å²) in [7, 11) is 0. The Morgan fingerprint density at radius 3 is 2.36 bits per heavy atom. The van der Waals surface area contributed by atoms with Gasteiger partial charge < -0.3 is 5.32 Å². The van der Waals surface area contributed by atoms with Gasteiger partial charge in [-0.2, -0.15) is 0 Å². The van der Waals surface area contributed by atoms with Gasteiger partial charge in [-0.25, -0.2) is 0 Å². The Labute approximate surface area is 83.0 Å². The summed E-state index contributed by atoms with van der Waals surface area (Å²) in [5.74, 6) is 0. The fraction of sp³-hybridized carbons (Fsp3) is 1.00. The first-order valence-corrected chi connectivity index (χ1v) is 5.42. The Bertz CT molecular complexity index is 117. The van der Waals surface area contributed by atoms with Crippen molar-refractivity contribution in [3.8, 4) is 0 Å². The summed E-state index contributed by atoms with van der Waals surface area (Å²) in [6.07, 6.45) is 3.95. The monoisotopic (exact) mass is 268 g/mol. The zero-order valence-corrected chi connectivity index (χ0v) is 9.39. The Morgan fingerprint density at radius 2 is 1.91 bits per heavy atom. The first-order chi connectivity index (χ1) is 5.22. The zero-order chi connectivity index (χ0) is 8.27. The van der Waals surface area contributed by atoms with Gasteiger partial charge in [0.1, 0.15) is 0 Å². The zero-order valence-electron chi connectivity index (χ0n) is 7.23. The van der Waals surface area contributed by atoms with Crippen molar-refractivity contribution in [2.24, 2.45) is 0 Å². The SMILES string of the molecule is CC(C)NC1CCC(NI)C1. The number of halogens is 1. The molecule has 2 atom stereocenters. The van der Waals surface area contributed by atoms with E-state index < -0.39 is 0 Å². The molecule has 0 aliphatic heterocycles. The maximum Gasteiger partial charge on any atom is 0.0178 e. The molecule has 2 unspecified atom stereocenters. The summed E-state index contributed by atoms with van der Waals surface area (Å²) >= 11 is 2.26. The Kier molecular flexibility index (Phi) is 4.09. The third-order valence-electron chi connectivity index (χ3n) is 2.16. The van der Waals surface area contributed by atoms with E-state index in [1.54, 1.807) is 0 Å². The lowest BCUT2D eigenvalue weighted by atomic mass is 10.2. The van der Waals surface area contributed by atoms with E-state index in [1.807, 2.05) is 0 Å². The molecule has 0 aromatic carbocycles. The van der Waals surface area contributed by atoms with E-state index >= 15 is 0 Å². The quantitative estimate of drug-likeness (QED) is 0.603. The van der Waals surface area contributed by atoms with E-state index in [4.69, 9.17) is 0 Å². The third kappa shape index (κ3) is 3.25. The van der Waals surface area contributed by atoms with E-state index in [0.29, 0.717) is 6.04 Å². The molecule has 1 saturated carbocycles. The number of rotatable bonds is 3. The largest absolute Gasteiger partial charge is 0.312 e. The van der Waals surface area contributed by atoms with Crippen molar-refractivity contribution < 1.29 is 0 Å². The van der Waals surface area contributed by atoms with Crippen LogP contribution in [-0.2, 0) is 0 Å². The van der Waals surface area contributed by atoms with Crippen LogP contribution in [0.25, 0.3) is 0 Å². The first-order valence-electron chi connectivity index (χ1n) is 4.34. The lowest BCUT2D eigenvalue weighted by Gasteiger charge is -2.15. The highest BCUT2D eigenvalue weighted by atomic mass is 127. The molecular weight excluding hydrogens is 251 g/mol. The lowest BCUT2D eigenvalue weighted by Crippen LogP contribution is -2.33. The maximum atomic E-state index is 3.56. The average molecular weight is 268 g/mol. The standard InChI is InChI=1S/C8H17IN2/c1-6(2)10-7-3-4-8(5-7)11-9/h6-8,10-11H,3-5H2,1-2H3. The Hall–Kier alpha value is 0.650. The molecule has 66 valence electrons. The molecule has 1 aliphatic carbocycles. The molecule has 0 bridgehead atoms. The number of hydrogen-bond acceptors (Lipinski definition) is 2. The van der Waals surface area contributed by atoms with Crippen molar-refractivity contribution >= 4 is 22.9 Å². The number of hydrogen-bond donors (Lipinski definition) is 2. The average Bonchev–Trinajstić information content (AvgIpc) is 2.34. The number of nitrogens with one attached hydrogen (secondary N) is 2. The van der Waals surface area contributed by atoms with Gasteiger partial charge in [-0.3, -0.25) is 3.53 Å². The van der Waals surface area contributed by atoms with Gasteiger partial charge in [0, 0.05) is 41.0 Å². The van der Waals surface area contributed by atoms with Gasteiger partial charge in [-0.15, -0.1) is 0 Å². The topological polar surface area (TPSA) is 24.1 Å². The molecule has 11 heavy (non-hydrogen) atoms. The van der Waals surface area contributed by atoms with Crippen molar-refractivity contribution in [1.82, 2.24) is 8.85 Å². The van der Waals surface area contributed by atoms with Crippen molar-refractivity contribution in [2.75, 3.05) is 0 Å². The summed E-state index contributed by atoms with van der Waals surface area (Å²) in [5, 5.41) is 3.56. The normalized spacial score (nSPS) is 31.6. The van der Waals surface area contributed by atoms with Crippen molar-refractivity contribution in [3.05, 3.63) is 0 Å². The molecule has 0 heterocycles. The minimum atomic E-state index is 0.632. The second-order valence-electron chi connectivity index (χ2n) is 3.64. The van der Waals surface area contributed by atoms with Gasteiger partial charge in [0.25, 0.3) is 0 Å². The molecule has 1 aliphatic rings. The van der Waals surface area contributed by atoms with E-state index in [9.17, 15) is 0 Å². The highest BCUT2D eigenvalue weighted by Crippen LogP contribution is 2.20. The minimum absolute atomic E-state index is 0.632. The summed E-state index contributed by atoms with van der Waals surface area (Å²) in [6.45, 7) is 4.43. The Morgan fingerprint density at radius 1 is 1.27 bits per heavy atom. The molecular formula is C8H17IN2. The summed E-state index contributed by atoms with van der Waals surface area (Å²) < 4.78 is 3.30. The molecule has 0 amide bonds. The second kappa shape index (κ2) is 4.62. The van der Waals surface area contributed by atoms with Crippen LogP contribution < -0.4 is 8.85 Å². The molecule has 2 nitrogen and oxygen atoms in total. The van der Waals surface area contributed by atoms with Crippen molar-refractivity contribution in [3.63, 3.8) is 0 Å². The lowest BCUT2D eigenvalue weighted by molar-refractivity contribution is 0.465. The van der Waals surface area contributed by atoms with Crippen molar-refractivity contribution in [2.45, 2.75) is 51.2 Å². The fourth-order valence-electron chi connectivity index (χ4n) is 1.70. The van der Waals surface area contributed by atoms with Crippen LogP contribution in [0, 0.1) is 0 Å². The Balaban J connectivity index is 2.19. The maximum absolute atomic E-state index is 3.56. The van der Waals surface area contributed by atoms with Crippen LogP contribution in [0.15, 0.2) is 0 Å². The van der Waals surface area contributed by atoms with Crippen LogP contribution >= 0.6 is 22.9 Å². The van der Waals surface area contributed by atoms with E-state index in [0.717, 1.165) is 12.1 Å². The van der Waals surface area contributed by atoms with E-state index in [1.165, 1.54) is 19.3 Å². The molecule has 0 aromatic heterocycles.